The summed E-state index contributed by atoms with van der Waals surface area (Å²) >= 11 is 1.59. The number of aromatic nitrogens is 4. The van der Waals surface area contributed by atoms with Gasteiger partial charge in [0.2, 0.25) is 5.89 Å². The average Bonchev–Trinajstić information content (AvgIpc) is 3.26. The van der Waals surface area contributed by atoms with Gasteiger partial charge in [0.1, 0.15) is 0 Å². The minimum atomic E-state index is -0.0192. The lowest BCUT2D eigenvalue weighted by Crippen LogP contribution is -2.35. The molecule has 7 heteroatoms. The van der Waals surface area contributed by atoms with E-state index in [2.05, 4.69) is 34.5 Å². The number of hydrogen-bond acceptors (Lipinski definition) is 6. The van der Waals surface area contributed by atoms with E-state index in [1.165, 1.54) is 0 Å². The fraction of sp³-hybridized carbons (Fsp3) is 0.400. The van der Waals surface area contributed by atoms with Crippen molar-refractivity contribution in [3.63, 3.8) is 0 Å². The molecule has 0 aliphatic heterocycles. The van der Waals surface area contributed by atoms with Crippen molar-refractivity contribution in [2.24, 2.45) is 0 Å². The highest BCUT2D eigenvalue weighted by Crippen LogP contribution is 2.25. The van der Waals surface area contributed by atoms with Crippen molar-refractivity contribution in [1.82, 2.24) is 25.3 Å². The van der Waals surface area contributed by atoms with Gasteiger partial charge in [-0.2, -0.15) is 5.10 Å². The van der Waals surface area contributed by atoms with Gasteiger partial charge in [-0.3, -0.25) is 4.68 Å². The van der Waals surface area contributed by atoms with Crippen molar-refractivity contribution in [3.8, 4) is 10.8 Å². The van der Waals surface area contributed by atoms with Gasteiger partial charge >= 0.3 is 0 Å². The molecule has 116 valence electrons. The van der Waals surface area contributed by atoms with Crippen LogP contribution in [-0.4, -0.2) is 26.0 Å². The van der Waals surface area contributed by atoms with Crippen LogP contribution >= 0.6 is 11.3 Å². The van der Waals surface area contributed by atoms with Crippen molar-refractivity contribution >= 4 is 11.3 Å². The van der Waals surface area contributed by atoms with Crippen LogP contribution in [0.4, 0.5) is 0 Å². The fourth-order valence-electron chi connectivity index (χ4n) is 2.26. The molecule has 3 heterocycles. The normalized spacial score (nSPS) is 15.6. The molecule has 22 heavy (non-hydrogen) atoms. The maximum absolute atomic E-state index is 5.76. The minimum absolute atomic E-state index is 0.0192. The van der Waals surface area contributed by atoms with Crippen LogP contribution in [0.25, 0.3) is 10.8 Å². The Labute approximate surface area is 133 Å². The van der Waals surface area contributed by atoms with Gasteiger partial charge in [-0.15, -0.1) is 21.5 Å². The molecule has 0 aliphatic rings. The molecule has 0 radical (unpaired) electrons. The van der Waals surface area contributed by atoms with Crippen molar-refractivity contribution in [2.45, 2.75) is 38.9 Å². The molecule has 6 nitrogen and oxygen atoms in total. The smallest absolute Gasteiger partial charge is 0.257 e. The van der Waals surface area contributed by atoms with E-state index in [1.807, 2.05) is 41.4 Å². The van der Waals surface area contributed by atoms with E-state index in [0.717, 1.165) is 4.88 Å². The summed E-state index contributed by atoms with van der Waals surface area (Å²) in [5, 5.41) is 18.0. The summed E-state index contributed by atoms with van der Waals surface area (Å²) in [6, 6.07) is 6.30. The Morgan fingerprint density at radius 2 is 2.09 bits per heavy atom. The van der Waals surface area contributed by atoms with Gasteiger partial charge in [0, 0.05) is 18.4 Å². The van der Waals surface area contributed by atoms with Crippen LogP contribution in [0.5, 0.6) is 0 Å². The molecule has 3 aromatic rings. The Bertz CT molecular complexity index is 691. The molecular formula is C15H19N5OS. The molecule has 3 atom stereocenters. The predicted octanol–water partition coefficient (Wildman–Crippen LogP) is 3.29. The van der Waals surface area contributed by atoms with Gasteiger partial charge < -0.3 is 9.73 Å². The highest BCUT2D eigenvalue weighted by atomic mass is 32.1. The van der Waals surface area contributed by atoms with Gasteiger partial charge in [0.05, 0.1) is 17.0 Å². The second-order valence-electron chi connectivity index (χ2n) is 5.33. The van der Waals surface area contributed by atoms with E-state index in [-0.39, 0.29) is 18.1 Å². The number of nitrogens with one attached hydrogen (secondary N) is 1. The maximum atomic E-state index is 5.76. The van der Waals surface area contributed by atoms with Gasteiger partial charge in [-0.05, 0) is 38.3 Å². The summed E-state index contributed by atoms with van der Waals surface area (Å²) < 4.78 is 7.70. The Morgan fingerprint density at radius 3 is 2.77 bits per heavy atom. The zero-order chi connectivity index (χ0) is 15.5. The summed E-state index contributed by atoms with van der Waals surface area (Å²) in [7, 11) is 0. The molecule has 0 unspecified atom stereocenters. The highest BCUT2D eigenvalue weighted by molar-refractivity contribution is 7.13. The van der Waals surface area contributed by atoms with Crippen molar-refractivity contribution in [2.75, 3.05) is 0 Å². The molecule has 3 rings (SSSR count). The first-order chi connectivity index (χ1) is 10.6. The second-order valence-corrected chi connectivity index (χ2v) is 6.27. The van der Waals surface area contributed by atoms with E-state index in [1.54, 1.807) is 17.5 Å². The molecule has 1 N–H and O–H groups in total. The third-order valence-corrected chi connectivity index (χ3v) is 4.58. The van der Waals surface area contributed by atoms with Crippen molar-refractivity contribution in [1.29, 1.82) is 0 Å². The van der Waals surface area contributed by atoms with E-state index in [0.29, 0.717) is 11.8 Å². The number of rotatable bonds is 6. The zero-order valence-electron chi connectivity index (χ0n) is 12.8. The molecular weight excluding hydrogens is 298 g/mol. The molecule has 0 bridgehead atoms. The third-order valence-electron chi connectivity index (χ3n) is 3.72. The SMILES string of the molecule is C[C@H](N[C@@H](C)[C@H](C)n1cccn1)c1nnc(-c2cccs2)o1. The van der Waals surface area contributed by atoms with Gasteiger partial charge in [0.25, 0.3) is 5.89 Å². The summed E-state index contributed by atoms with van der Waals surface area (Å²) in [5.41, 5.74) is 0. The van der Waals surface area contributed by atoms with Crippen LogP contribution in [0.2, 0.25) is 0 Å². The lowest BCUT2D eigenvalue weighted by molar-refractivity contribution is 0.317. The first kappa shape index (κ1) is 14.9. The molecule has 0 amide bonds. The minimum Gasteiger partial charge on any atom is -0.418 e. The molecule has 0 saturated heterocycles. The van der Waals surface area contributed by atoms with Crippen LogP contribution < -0.4 is 5.32 Å². The van der Waals surface area contributed by atoms with Crippen LogP contribution in [0, 0.1) is 0 Å². The Kier molecular flexibility index (Phi) is 4.35. The summed E-state index contributed by atoms with van der Waals surface area (Å²) in [5.74, 6) is 1.18. The Hall–Kier alpha value is -1.99. The zero-order valence-corrected chi connectivity index (χ0v) is 13.6. The molecule has 3 aromatic heterocycles. The monoisotopic (exact) mass is 317 g/mol. The number of hydrogen-bond donors (Lipinski definition) is 1. The quantitative estimate of drug-likeness (QED) is 0.755. The van der Waals surface area contributed by atoms with Crippen LogP contribution in [0.1, 0.15) is 38.7 Å². The third kappa shape index (κ3) is 3.10. The predicted molar refractivity (Wildman–Crippen MR) is 85.6 cm³/mol. The first-order valence-electron chi connectivity index (χ1n) is 7.27. The average molecular weight is 317 g/mol. The molecule has 0 aliphatic carbocycles. The van der Waals surface area contributed by atoms with Gasteiger partial charge in [-0.1, -0.05) is 6.07 Å². The summed E-state index contributed by atoms with van der Waals surface area (Å²) in [4.78, 5) is 0.990. The highest BCUT2D eigenvalue weighted by Gasteiger charge is 2.21. The molecule has 0 spiro atoms. The number of thiophene rings is 1. The Morgan fingerprint density at radius 1 is 1.23 bits per heavy atom. The van der Waals surface area contributed by atoms with E-state index in [4.69, 9.17) is 4.42 Å². The maximum Gasteiger partial charge on any atom is 0.257 e. The van der Waals surface area contributed by atoms with E-state index < -0.39 is 0 Å². The second kappa shape index (κ2) is 6.41. The molecule has 0 fully saturated rings. The topological polar surface area (TPSA) is 68.8 Å². The first-order valence-corrected chi connectivity index (χ1v) is 8.15. The van der Waals surface area contributed by atoms with E-state index in [9.17, 15) is 0 Å². The van der Waals surface area contributed by atoms with Crippen LogP contribution in [0.3, 0.4) is 0 Å². The summed E-state index contributed by atoms with van der Waals surface area (Å²) in [6.07, 6.45) is 3.76. The van der Waals surface area contributed by atoms with E-state index >= 15 is 0 Å². The Balaban J connectivity index is 1.65. The lowest BCUT2D eigenvalue weighted by atomic mass is 10.1. The van der Waals surface area contributed by atoms with Crippen LogP contribution in [0.15, 0.2) is 40.4 Å². The summed E-state index contributed by atoms with van der Waals surface area (Å²) in [6.45, 7) is 6.28. The molecule has 0 saturated carbocycles. The molecule has 0 aromatic carbocycles. The largest absolute Gasteiger partial charge is 0.418 e. The van der Waals surface area contributed by atoms with Crippen LogP contribution in [-0.2, 0) is 0 Å². The van der Waals surface area contributed by atoms with Crippen molar-refractivity contribution in [3.05, 3.63) is 41.9 Å². The van der Waals surface area contributed by atoms with Crippen molar-refractivity contribution < 1.29 is 4.42 Å². The lowest BCUT2D eigenvalue weighted by Gasteiger charge is -2.24. The van der Waals surface area contributed by atoms with Gasteiger partial charge in [0.15, 0.2) is 0 Å². The number of nitrogens with zero attached hydrogens (tertiary/aromatic N) is 4. The van der Waals surface area contributed by atoms with Gasteiger partial charge in [-0.25, -0.2) is 0 Å². The fourth-order valence-corrected chi connectivity index (χ4v) is 2.91. The standard InChI is InChI=1S/C15H19N5OS/c1-10(12(3)20-8-5-7-16-20)17-11(2)14-18-19-15(21-14)13-6-4-9-22-13/h4-12,17H,1-3H3/t10-,11-,12-/m0/s1.